The Hall–Kier alpha value is -1.92. The molecule has 0 radical (unpaired) electrons. The summed E-state index contributed by atoms with van der Waals surface area (Å²) in [5, 5.41) is 2.79. The van der Waals surface area contributed by atoms with E-state index in [1.807, 2.05) is 25.1 Å². The lowest BCUT2D eigenvalue weighted by Crippen LogP contribution is -2.26. The van der Waals surface area contributed by atoms with E-state index < -0.39 is 10.0 Å². The van der Waals surface area contributed by atoms with Crippen LogP contribution in [0.2, 0.25) is 0 Å². The van der Waals surface area contributed by atoms with Gasteiger partial charge >= 0.3 is 0 Å². The lowest BCUT2D eigenvalue weighted by Gasteiger charge is -2.10. The van der Waals surface area contributed by atoms with Gasteiger partial charge in [0.15, 0.2) is 0 Å². The first-order valence-corrected chi connectivity index (χ1v) is 8.19. The maximum absolute atomic E-state index is 12.3. The molecule has 2 N–H and O–H groups in total. The number of sulfonamides is 1. The molecule has 1 aromatic heterocycles. The monoisotopic (exact) mass is 305 g/mol. The van der Waals surface area contributed by atoms with Crippen LogP contribution in [0.3, 0.4) is 0 Å². The molecule has 2 aromatic rings. The third-order valence-electron chi connectivity index (χ3n) is 3.09. The Morgan fingerprint density at radius 3 is 2.71 bits per heavy atom. The third kappa shape index (κ3) is 4.03. The molecule has 2 rings (SSSR count). The van der Waals surface area contributed by atoms with Gasteiger partial charge in [0, 0.05) is 19.8 Å². The molecule has 1 aromatic carbocycles. The Balaban J connectivity index is 2.05. The highest BCUT2D eigenvalue weighted by Crippen LogP contribution is 2.16. The second kappa shape index (κ2) is 6.69. The fraction of sp³-hybridized carbons (Fsp3) is 0.267. The number of nitrogens with one attached hydrogen (secondary N) is 2. The van der Waals surface area contributed by atoms with Crippen LogP contribution < -0.4 is 10.0 Å². The standard InChI is InChI=1S/C15H19N3O2S/c1-12-5-3-6-13(11-12)8-10-18-21(19,20)14-7-4-9-17-15(14)16-2/h3-7,9,11,18H,8,10H2,1-2H3,(H,16,17). The maximum Gasteiger partial charge on any atom is 0.244 e. The van der Waals surface area contributed by atoms with Gasteiger partial charge in [0.05, 0.1) is 0 Å². The van der Waals surface area contributed by atoms with E-state index in [1.165, 1.54) is 11.6 Å². The molecule has 0 atom stereocenters. The SMILES string of the molecule is CNc1ncccc1S(=O)(=O)NCCc1cccc(C)c1. The average Bonchev–Trinajstić information content (AvgIpc) is 2.47. The van der Waals surface area contributed by atoms with Gasteiger partial charge in [-0.3, -0.25) is 0 Å². The van der Waals surface area contributed by atoms with E-state index in [4.69, 9.17) is 0 Å². The van der Waals surface area contributed by atoms with Crippen molar-refractivity contribution in [3.8, 4) is 0 Å². The van der Waals surface area contributed by atoms with Gasteiger partial charge in [-0.2, -0.15) is 0 Å². The molecular weight excluding hydrogens is 286 g/mol. The molecule has 0 unspecified atom stereocenters. The molecule has 0 aliphatic heterocycles. The first-order chi connectivity index (χ1) is 10.0. The second-order valence-corrected chi connectivity index (χ2v) is 6.47. The second-order valence-electron chi connectivity index (χ2n) is 4.74. The molecule has 112 valence electrons. The molecule has 0 aliphatic carbocycles. The zero-order chi connectivity index (χ0) is 15.3. The van der Waals surface area contributed by atoms with E-state index in [9.17, 15) is 8.42 Å². The molecule has 0 spiro atoms. The zero-order valence-electron chi connectivity index (χ0n) is 12.1. The Morgan fingerprint density at radius 2 is 2.00 bits per heavy atom. The van der Waals surface area contributed by atoms with Crippen molar-refractivity contribution in [2.24, 2.45) is 0 Å². The summed E-state index contributed by atoms with van der Waals surface area (Å²) in [6.45, 7) is 2.37. The van der Waals surface area contributed by atoms with Gasteiger partial charge in [-0.15, -0.1) is 0 Å². The van der Waals surface area contributed by atoms with Crippen LogP contribution in [0.4, 0.5) is 5.82 Å². The zero-order valence-corrected chi connectivity index (χ0v) is 12.9. The van der Waals surface area contributed by atoms with Crippen LogP contribution >= 0.6 is 0 Å². The summed E-state index contributed by atoms with van der Waals surface area (Å²) in [6, 6.07) is 11.2. The molecular formula is C15H19N3O2S. The lowest BCUT2D eigenvalue weighted by molar-refractivity contribution is 0.581. The van der Waals surface area contributed by atoms with E-state index in [1.54, 1.807) is 19.3 Å². The van der Waals surface area contributed by atoms with E-state index in [0.717, 1.165) is 5.56 Å². The topological polar surface area (TPSA) is 71.1 Å². The van der Waals surface area contributed by atoms with Crippen LogP contribution in [-0.4, -0.2) is 27.0 Å². The molecule has 0 aliphatic rings. The van der Waals surface area contributed by atoms with Crippen LogP contribution in [0.15, 0.2) is 47.5 Å². The third-order valence-corrected chi connectivity index (χ3v) is 4.58. The minimum atomic E-state index is -3.56. The molecule has 5 nitrogen and oxygen atoms in total. The number of hydrogen-bond acceptors (Lipinski definition) is 4. The highest BCUT2D eigenvalue weighted by Gasteiger charge is 2.17. The van der Waals surface area contributed by atoms with Crippen LogP contribution in [-0.2, 0) is 16.4 Å². The minimum absolute atomic E-state index is 0.164. The minimum Gasteiger partial charge on any atom is -0.372 e. The number of rotatable bonds is 6. The Labute approximate surface area is 125 Å². The van der Waals surface area contributed by atoms with Gasteiger partial charge < -0.3 is 5.32 Å². The van der Waals surface area contributed by atoms with E-state index in [0.29, 0.717) is 18.8 Å². The summed E-state index contributed by atoms with van der Waals surface area (Å²) >= 11 is 0. The molecule has 21 heavy (non-hydrogen) atoms. The predicted octanol–water partition coefficient (Wildman–Crippen LogP) is 1.95. The van der Waals surface area contributed by atoms with Crippen molar-refractivity contribution in [2.45, 2.75) is 18.2 Å². The van der Waals surface area contributed by atoms with Crippen LogP contribution in [0.5, 0.6) is 0 Å². The number of aryl methyl sites for hydroxylation is 1. The quantitative estimate of drug-likeness (QED) is 0.856. The van der Waals surface area contributed by atoms with Gasteiger partial charge in [-0.05, 0) is 31.0 Å². The van der Waals surface area contributed by atoms with Gasteiger partial charge in [0.1, 0.15) is 10.7 Å². The molecule has 6 heteroatoms. The molecule has 0 amide bonds. The summed E-state index contributed by atoms with van der Waals surface area (Å²) in [4.78, 5) is 4.17. The molecule has 1 heterocycles. The van der Waals surface area contributed by atoms with E-state index in [-0.39, 0.29) is 4.90 Å². The fourth-order valence-electron chi connectivity index (χ4n) is 2.07. The number of hydrogen-bond donors (Lipinski definition) is 2. The highest BCUT2D eigenvalue weighted by atomic mass is 32.2. The van der Waals surface area contributed by atoms with Crippen molar-refractivity contribution >= 4 is 15.8 Å². The number of aromatic nitrogens is 1. The van der Waals surface area contributed by atoms with Gasteiger partial charge in [-0.25, -0.2) is 18.1 Å². The smallest absolute Gasteiger partial charge is 0.244 e. The summed E-state index contributed by atoms with van der Waals surface area (Å²) in [7, 11) is -1.91. The van der Waals surface area contributed by atoms with Crippen molar-refractivity contribution < 1.29 is 8.42 Å². The Bertz CT molecular complexity index is 714. The number of pyridine rings is 1. The van der Waals surface area contributed by atoms with Crippen molar-refractivity contribution in [1.29, 1.82) is 0 Å². The van der Waals surface area contributed by atoms with Gasteiger partial charge in [0.2, 0.25) is 10.0 Å². The maximum atomic E-state index is 12.3. The average molecular weight is 305 g/mol. The van der Waals surface area contributed by atoms with Crippen LogP contribution in [0.1, 0.15) is 11.1 Å². The van der Waals surface area contributed by atoms with Crippen molar-refractivity contribution in [2.75, 3.05) is 18.9 Å². The van der Waals surface area contributed by atoms with Crippen LogP contribution in [0.25, 0.3) is 0 Å². The normalized spacial score (nSPS) is 11.3. The largest absolute Gasteiger partial charge is 0.372 e. The number of nitrogens with zero attached hydrogens (tertiary/aromatic N) is 1. The molecule has 0 saturated heterocycles. The first kappa shape index (κ1) is 15.5. The Kier molecular flexibility index (Phi) is 4.93. The van der Waals surface area contributed by atoms with Crippen molar-refractivity contribution in [3.05, 3.63) is 53.7 Å². The number of anilines is 1. The Morgan fingerprint density at radius 1 is 1.19 bits per heavy atom. The summed E-state index contributed by atoms with van der Waals surface area (Å²) in [5.41, 5.74) is 2.28. The van der Waals surface area contributed by atoms with E-state index in [2.05, 4.69) is 21.1 Å². The molecule has 0 fully saturated rings. The summed E-state index contributed by atoms with van der Waals surface area (Å²) in [6.07, 6.45) is 2.20. The van der Waals surface area contributed by atoms with Gasteiger partial charge in [-0.1, -0.05) is 29.8 Å². The summed E-state index contributed by atoms with van der Waals surface area (Å²) in [5.74, 6) is 0.348. The molecule has 0 saturated carbocycles. The predicted molar refractivity (Wildman–Crippen MR) is 83.9 cm³/mol. The first-order valence-electron chi connectivity index (χ1n) is 6.71. The fourth-order valence-corrected chi connectivity index (χ4v) is 3.26. The van der Waals surface area contributed by atoms with E-state index >= 15 is 0 Å². The molecule has 0 bridgehead atoms. The van der Waals surface area contributed by atoms with Gasteiger partial charge in [0.25, 0.3) is 0 Å². The van der Waals surface area contributed by atoms with Crippen molar-refractivity contribution in [3.63, 3.8) is 0 Å². The number of benzene rings is 1. The van der Waals surface area contributed by atoms with Crippen molar-refractivity contribution in [1.82, 2.24) is 9.71 Å². The summed E-state index contributed by atoms with van der Waals surface area (Å²) < 4.78 is 27.2. The lowest BCUT2D eigenvalue weighted by atomic mass is 10.1. The highest BCUT2D eigenvalue weighted by molar-refractivity contribution is 7.89. The van der Waals surface area contributed by atoms with Crippen LogP contribution in [0, 0.1) is 6.92 Å².